The van der Waals surface area contributed by atoms with Gasteiger partial charge < -0.3 is 5.32 Å². The lowest BCUT2D eigenvalue weighted by atomic mass is 9.94. The van der Waals surface area contributed by atoms with Crippen LogP contribution in [0.4, 0.5) is 0 Å². The Kier molecular flexibility index (Phi) is 9.41. The van der Waals surface area contributed by atoms with Crippen LogP contribution in [0, 0.1) is 11.8 Å². The maximum absolute atomic E-state index is 6.29. The van der Waals surface area contributed by atoms with Crippen LogP contribution in [0.25, 0.3) is 0 Å². The average Bonchev–Trinajstić information content (AvgIpc) is 2.41. The molecule has 3 heteroatoms. The number of hydrogen-bond donors (Lipinski definition) is 1. The molecule has 0 radical (unpaired) electrons. The van der Waals surface area contributed by atoms with E-state index in [1.54, 1.807) is 0 Å². The minimum absolute atomic E-state index is 0.681. The van der Waals surface area contributed by atoms with Crippen LogP contribution < -0.4 is 5.32 Å². The first-order valence-electron chi connectivity index (χ1n) is 7.56. The Bertz CT molecular complexity index is 368. The van der Waals surface area contributed by atoms with Gasteiger partial charge in [-0.3, -0.25) is 0 Å². The van der Waals surface area contributed by atoms with Gasteiger partial charge in [0.1, 0.15) is 0 Å². The molecule has 0 aromatic heterocycles. The highest BCUT2D eigenvalue weighted by Gasteiger charge is 2.11. The third-order valence-electron chi connectivity index (χ3n) is 3.41. The summed E-state index contributed by atoms with van der Waals surface area (Å²) in [5.74, 6) is 2.64. The molecule has 1 atom stereocenters. The summed E-state index contributed by atoms with van der Waals surface area (Å²) in [7, 11) is 0. The first kappa shape index (κ1) is 17.9. The van der Waals surface area contributed by atoms with E-state index in [4.69, 9.17) is 11.6 Å². The SMILES string of the molecule is CSCCCC(CNCC(C)C)Cc1ccccc1Cl. The van der Waals surface area contributed by atoms with E-state index in [2.05, 4.69) is 37.6 Å². The molecule has 1 rings (SSSR count). The lowest BCUT2D eigenvalue weighted by Gasteiger charge is -2.19. The van der Waals surface area contributed by atoms with Crippen molar-refractivity contribution >= 4 is 23.4 Å². The molecule has 114 valence electrons. The van der Waals surface area contributed by atoms with Gasteiger partial charge in [-0.15, -0.1) is 0 Å². The van der Waals surface area contributed by atoms with Gasteiger partial charge in [0.05, 0.1) is 0 Å². The summed E-state index contributed by atoms with van der Waals surface area (Å²) < 4.78 is 0. The van der Waals surface area contributed by atoms with Crippen LogP contribution in [0.5, 0.6) is 0 Å². The molecule has 0 saturated heterocycles. The smallest absolute Gasteiger partial charge is 0.0438 e. The zero-order chi connectivity index (χ0) is 14.8. The summed E-state index contributed by atoms with van der Waals surface area (Å²) in [5, 5.41) is 4.51. The topological polar surface area (TPSA) is 12.0 Å². The van der Waals surface area contributed by atoms with E-state index in [1.807, 2.05) is 23.9 Å². The average molecular weight is 314 g/mol. The number of nitrogens with one attached hydrogen (secondary N) is 1. The first-order chi connectivity index (χ1) is 9.63. The van der Waals surface area contributed by atoms with Crippen molar-refractivity contribution in [3.8, 4) is 0 Å². The Morgan fingerprint density at radius 3 is 2.60 bits per heavy atom. The van der Waals surface area contributed by atoms with Gasteiger partial charge in [0.2, 0.25) is 0 Å². The van der Waals surface area contributed by atoms with E-state index in [0.717, 1.165) is 24.5 Å². The molecule has 0 aliphatic heterocycles. The van der Waals surface area contributed by atoms with E-state index in [-0.39, 0.29) is 0 Å². The van der Waals surface area contributed by atoms with Crippen LogP contribution in [0.3, 0.4) is 0 Å². The van der Waals surface area contributed by atoms with Crippen molar-refractivity contribution in [2.45, 2.75) is 33.1 Å². The van der Waals surface area contributed by atoms with Gasteiger partial charge >= 0.3 is 0 Å². The van der Waals surface area contributed by atoms with Crippen molar-refractivity contribution in [3.05, 3.63) is 34.9 Å². The zero-order valence-electron chi connectivity index (χ0n) is 13.0. The van der Waals surface area contributed by atoms with E-state index < -0.39 is 0 Å². The van der Waals surface area contributed by atoms with Crippen molar-refractivity contribution < 1.29 is 0 Å². The van der Waals surface area contributed by atoms with Gasteiger partial charge in [-0.2, -0.15) is 11.8 Å². The molecule has 20 heavy (non-hydrogen) atoms. The van der Waals surface area contributed by atoms with E-state index in [0.29, 0.717) is 11.8 Å². The summed E-state index contributed by atoms with van der Waals surface area (Å²) in [6.07, 6.45) is 5.83. The highest BCUT2D eigenvalue weighted by Crippen LogP contribution is 2.21. The number of benzene rings is 1. The van der Waals surface area contributed by atoms with Gasteiger partial charge in [-0.1, -0.05) is 43.6 Å². The van der Waals surface area contributed by atoms with Crippen LogP contribution >= 0.6 is 23.4 Å². The predicted molar refractivity (Wildman–Crippen MR) is 94.0 cm³/mol. The highest BCUT2D eigenvalue weighted by atomic mass is 35.5. The largest absolute Gasteiger partial charge is 0.316 e. The van der Waals surface area contributed by atoms with Gasteiger partial charge in [-0.05, 0) is 67.8 Å². The van der Waals surface area contributed by atoms with Crippen LogP contribution in [0.2, 0.25) is 5.02 Å². The van der Waals surface area contributed by atoms with E-state index in [1.165, 1.54) is 24.2 Å². The molecular formula is C17H28ClNS. The third-order valence-corrected chi connectivity index (χ3v) is 4.48. The molecule has 0 spiro atoms. The Morgan fingerprint density at radius 2 is 1.95 bits per heavy atom. The molecule has 1 aromatic rings. The second-order valence-electron chi connectivity index (χ2n) is 5.85. The molecule has 0 aliphatic carbocycles. The van der Waals surface area contributed by atoms with Crippen LogP contribution in [0.15, 0.2) is 24.3 Å². The Hall–Kier alpha value is -0.180. The summed E-state index contributed by atoms with van der Waals surface area (Å²) >= 11 is 8.22. The maximum Gasteiger partial charge on any atom is 0.0438 e. The second kappa shape index (κ2) is 10.5. The van der Waals surface area contributed by atoms with Crippen molar-refractivity contribution in [3.63, 3.8) is 0 Å². The lowest BCUT2D eigenvalue weighted by Crippen LogP contribution is -2.27. The molecule has 0 heterocycles. The number of hydrogen-bond acceptors (Lipinski definition) is 2. The molecule has 1 nitrogen and oxygen atoms in total. The molecule has 0 bridgehead atoms. The zero-order valence-corrected chi connectivity index (χ0v) is 14.6. The van der Waals surface area contributed by atoms with E-state index >= 15 is 0 Å². The molecule has 1 N–H and O–H groups in total. The summed E-state index contributed by atoms with van der Waals surface area (Å²) in [4.78, 5) is 0. The number of thioether (sulfide) groups is 1. The van der Waals surface area contributed by atoms with Crippen molar-refractivity contribution in [2.24, 2.45) is 11.8 Å². The fraction of sp³-hybridized carbons (Fsp3) is 0.647. The van der Waals surface area contributed by atoms with E-state index in [9.17, 15) is 0 Å². The van der Waals surface area contributed by atoms with Gasteiger partial charge in [0, 0.05) is 5.02 Å². The van der Waals surface area contributed by atoms with Crippen LogP contribution in [-0.2, 0) is 6.42 Å². The Morgan fingerprint density at radius 1 is 1.20 bits per heavy atom. The van der Waals surface area contributed by atoms with Crippen LogP contribution in [-0.4, -0.2) is 25.1 Å². The fourth-order valence-electron chi connectivity index (χ4n) is 2.34. The minimum atomic E-state index is 0.681. The number of rotatable bonds is 10. The Balaban J connectivity index is 2.50. The van der Waals surface area contributed by atoms with Gasteiger partial charge in [-0.25, -0.2) is 0 Å². The molecule has 1 unspecified atom stereocenters. The van der Waals surface area contributed by atoms with Crippen molar-refractivity contribution in [2.75, 3.05) is 25.1 Å². The summed E-state index contributed by atoms with van der Waals surface area (Å²) in [5.41, 5.74) is 1.29. The highest BCUT2D eigenvalue weighted by molar-refractivity contribution is 7.98. The van der Waals surface area contributed by atoms with Crippen molar-refractivity contribution in [1.29, 1.82) is 0 Å². The predicted octanol–water partition coefficient (Wildman–Crippen LogP) is 4.89. The minimum Gasteiger partial charge on any atom is -0.316 e. The third kappa shape index (κ3) is 7.56. The van der Waals surface area contributed by atoms with Gasteiger partial charge in [0.15, 0.2) is 0 Å². The first-order valence-corrected chi connectivity index (χ1v) is 9.33. The molecule has 0 saturated carbocycles. The fourth-order valence-corrected chi connectivity index (χ4v) is 3.01. The van der Waals surface area contributed by atoms with Crippen LogP contribution in [0.1, 0.15) is 32.3 Å². The monoisotopic (exact) mass is 313 g/mol. The Labute approximate surface area is 133 Å². The normalized spacial score (nSPS) is 12.8. The molecule has 0 amide bonds. The molecule has 0 fully saturated rings. The van der Waals surface area contributed by atoms with Crippen molar-refractivity contribution in [1.82, 2.24) is 5.32 Å². The summed E-state index contributed by atoms with van der Waals surface area (Å²) in [6.45, 7) is 6.70. The maximum atomic E-state index is 6.29. The number of halogens is 1. The molecule has 1 aromatic carbocycles. The quantitative estimate of drug-likeness (QED) is 0.617. The lowest BCUT2D eigenvalue weighted by molar-refractivity contribution is 0.422. The second-order valence-corrected chi connectivity index (χ2v) is 7.24. The summed E-state index contributed by atoms with van der Waals surface area (Å²) in [6, 6.07) is 8.25. The molecule has 0 aliphatic rings. The molecular weight excluding hydrogens is 286 g/mol. The standard InChI is InChI=1S/C17H28ClNS/c1-14(2)12-19-13-15(7-6-10-20-3)11-16-8-4-5-9-17(16)18/h4-5,8-9,14-15,19H,6-7,10-13H2,1-3H3. The van der Waals surface area contributed by atoms with Gasteiger partial charge in [0.25, 0.3) is 0 Å².